The molecule has 2 aromatic carbocycles. The van der Waals surface area contributed by atoms with Crippen molar-refractivity contribution in [3.05, 3.63) is 69.5 Å². The van der Waals surface area contributed by atoms with Gasteiger partial charge in [-0.1, -0.05) is 41.4 Å². The molecule has 0 aromatic heterocycles. The summed E-state index contributed by atoms with van der Waals surface area (Å²) in [6.07, 6.45) is 0.219. The fourth-order valence-electron chi connectivity index (χ4n) is 1.95. The minimum Gasteiger partial charge on any atom is -0.481 e. The molecule has 0 aliphatic heterocycles. The van der Waals surface area contributed by atoms with E-state index in [4.69, 9.17) is 23.2 Å². The summed E-state index contributed by atoms with van der Waals surface area (Å²) in [7, 11) is 0. The van der Waals surface area contributed by atoms with Crippen LogP contribution < -0.4 is 0 Å². The van der Waals surface area contributed by atoms with E-state index in [0.29, 0.717) is 21.2 Å². The van der Waals surface area contributed by atoms with Crippen LogP contribution in [0.5, 0.6) is 0 Å². The molecule has 2 aromatic rings. The second kappa shape index (κ2) is 6.25. The Bertz CT molecular complexity index is 626. The first kappa shape index (κ1) is 14.8. The van der Waals surface area contributed by atoms with Gasteiger partial charge in [-0.05, 0) is 41.8 Å². The Hall–Kier alpha value is -1.58. The normalized spacial score (nSPS) is 12.2. The third-order valence-corrected chi connectivity index (χ3v) is 3.60. The van der Waals surface area contributed by atoms with Gasteiger partial charge in [0.05, 0.1) is 5.92 Å². The molecular formula is C15H11Cl2FO2. The van der Waals surface area contributed by atoms with Gasteiger partial charge in [-0.15, -0.1) is 0 Å². The Kier molecular flexibility index (Phi) is 4.63. The molecule has 0 radical (unpaired) electrons. The highest BCUT2D eigenvalue weighted by atomic mass is 35.5. The molecule has 0 heterocycles. The first-order valence-corrected chi connectivity index (χ1v) is 6.65. The van der Waals surface area contributed by atoms with Crippen molar-refractivity contribution in [1.82, 2.24) is 0 Å². The molecule has 20 heavy (non-hydrogen) atoms. The summed E-state index contributed by atoms with van der Waals surface area (Å²) < 4.78 is 12.9. The lowest BCUT2D eigenvalue weighted by Crippen LogP contribution is -2.14. The van der Waals surface area contributed by atoms with Crippen molar-refractivity contribution in [2.45, 2.75) is 12.3 Å². The highest BCUT2D eigenvalue weighted by Gasteiger charge is 2.21. The Morgan fingerprint density at radius 2 is 1.80 bits per heavy atom. The van der Waals surface area contributed by atoms with Crippen molar-refractivity contribution in [2.24, 2.45) is 0 Å². The quantitative estimate of drug-likeness (QED) is 0.899. The number of carboxylic acid groups (broad SMARTS) is 1. The number of hydrogen-bond donors (Lipinski definition) is 1. The summed E-state index contributed by atoms with van der Waals surface area (Å²) >= 11 is 11.9. The lowest BCUT2D eigenvalue weighted by Gasteiger charge is -2.14. The fraction of sp³-hybridized carbons (Fsp3) is 0.133. The number of halogens is 3. The van der Waals surface area contributed by atoms with Crippen LogP contribution >= 0.6 is 23.2 Å². The zero-order chi connectivity index (χ0) is 14.7. The molecule has 0 aliphatic rings. The van der Waals surface area contributed by atoms with Crippen LogP contribution in [0.3, 0.4) is 0 Å². The molecule has 0 spiro atoms. The van der Waals surface area contributed by atoms with Gasteiger partial charge in [-0.3, -0.25) is 4.79 Å². The van der Waals surface area contributed by atoms with E-state index in [2.05, 4.69) is 0 Å². The molecule has 0 bridgehead atoms. The highest BCUT2D eigenvalue weighted by molar-refractivity contribution is 6.35. The number of aliphatic carboxylic acids is 1. The van der Waals surface area contributed by atoms with Crippen molar-refractivity contribution in [3.63, 3.8) is 0 Å². The summed E-state index contributed by atoms with van der Waals surface area (Å²) in [5.74, 6) is -2.17. The minimum absolute atomic E-state index is 0.219. The molecule has 1 unspecified atom stereocenters. The summed E-state index contributed by atoms with van der Waals surface area (Å²) in [6, 6.07) is 10.4. The Balaban J connectivity index is 2.30. The monoisotopic (exact) mass is 312 g/mol. The Morgan fingerprint density at radius 3 is 2.35 bits per heavy atom. The van der Waals surface area contributed by atoms with Crippen molar-refractivity contribution in [1.29, 1.82) is 0 Å². The SMILES string of the molecule is O=C(O)C(Cc1ccc(Cl)cc1Cl)c1ccc(F)cc1. The van der Waals surface area contributed by atoms with Gasteiger partial charge in [0.1, 0.15) is 5.82 Å². The molecular weight excluding hydrogens is 302 g/mol. The van der Waals surface area contributed by atoms with Crippen LogP contribution in [0.25, 0.3) is 0 Å². The van der Waals surface area contributed by atoms with Gasteiger partial charge in [-0.25, -0.2) is 4.39 Å². The van der Waals surface area contributed by atoms with E-state index < -0.39 is 17.7 Å². The van der Waals surface area contributed by atoms with Gasteiger partial charge >= 0.3 is 5.97 Å². The van der Waals surface area contributed by atoms with Crippen LogP contribution in [0.4, 0.5) is 4.39 Å². The van der Waals surface area contributed by atoms with Gasteiger partial charge in [0.15, 0.2) is 0 Å². The molecule has 1 N–H and O–H groups in total. The Morgan fingerprint density at radius 1 is 1.15 bits per heavy atom. The average Bonchev–Trinajstić information content (AvgIpc) is 2.39. The molecule has 2 rings (SSSR count). The highest BCUT2D eigenvalue weighted by Crippen LogP contribution is 2.27. The second-order valence-electron chi connectivity index (χ2n) is 4.38. The molecule has 2 nitrogen and oxygen atoms in total. The second-order valence-corrected chi connectivity index (χ2v) is 5.23. The number of rotatable bonds is 4. The zero-order valence-electron chi connectivity index (χ0n) is 10.3. The number of carbonyl (C=O) groups is 1. The van der Waals surface area contributed by atoms with Crippen LogP contribution in [0.1, 0.15) is 17.0 Å². The maximum Gasteiger partial charge on any atom is 0.311 e. The van der Waals surface area contributed by atoms with Gasteiger partial charge < -0.3 is 5.11 Å². The minimum atomic E-state index is -0.984. The number of carboxylic acids is 1. The first-order chi connectivity index (χ1) is 9.47. The lowest BCUT2D eigenvalue weighted by molar-refractivity contribution is -0.138. The molecule has 0 saturated carbocycles. The molecule has 104 valence electrons. The predicted octanol–water partition coefficient (Wildman–Crippen LogP) is 4.54. The van der Waals surface area contributed by atoms with Crippen LogP contribution in [-0.2, 0) is 11.2 Å². The smallest absolute Gasteiger partial charge is 0.311 e. The molecule has 5 heteroatoms. The number of benzene rings is 2. The van der Waals surface area contributed by atoms with E-state index in [1.807, 2.05) is 0 Å². The molecule has 0 aliphatic carbocycles. The van der Waals surface area contributed by atoms with Gasteiger partial charge in [-0.2, -0.15) is 0 Å². The topological polar surface area (TPSA) is 37.3 Å². The molecule has 0 amide bonds. The van der Waals surface area contributed by atoms with Gasteiger partial charge in [0.2, 0.25) is 0 Å². The zero-order valence-corrected chi connectivity index (χ0v) is 11.8. The standard InChI is InChI=1S/C15H11Cl2FO2/c16-11-4-1-10(14(17)8-11)7-13(15(19)20)9-2-5-12(18)6-3-9/h1-6,8,13H,7H2,(H,19,20). The van der Waals surface area contributed by atoms with E-state index in [9.17, 15) is 14.3 Å². The van der Waals surface area contributed by atoms with Crippen LogP contribution in [0.2, 0.25) is 10.0 Å². The van der Waals surface area contributed by atoms with Crippen molar-refractivity contribution in [3.8, 4) is 0 Å². The maximum atomic E-state index is 12.9. The summed E-state index contributed by atoms with van der Waals surface area (Å²) in [5.41, 5.74) is 1.22. The van der Waals surface area contributed by atoms with Gasteiger partial charge in [0, 0.05) is 10.0 Å². The van der Waals surface area contributed by atoms with Crippen molar-refractivity contribution >= 4 is 29.2 Å². The van der Waals surface area contributed by atoms with Crippen LogP contribution in [0, 0.1) is 5.82 Å². The third-order valence-electron chi connectivity index (χ3n) is 3.01. The van der Waals surface area contributed by atoms with Crippen molar-refractivity contribution < 1.29 is 14.3 Å². The van der Waals surface area contributed by atoms with E-state index in [0.717, 1.165) is 0 Å². The van der Waals surface area contributed by atoms with E-state index in [1.165, 1.54) is 24.3 Å². The predicted molar refractivity (Wildman–Crippen MR) is 76.9 cm³/mol. The molecule has 1 atom stereocenters. The maximum absolute atomic E-state index is 12.9. The van der Waals surface area contributed by atoms with Crippen molar-refractivity contribution in [2.75, 3.05) is 0 Å². The van der Waals surface area contributed by atoms with E-state index >= 15 is 0 Å². The van der Waals surface area contributed by atoms with Gasteiger partial charge in [0.25, 0.3) is 0 Å². The lowest BCUT2D eigenvalue weighted by atomic mass is 9.92. The molecule has 0 fully saturated rings. The third kappa shape index (κ3) is 3.50. The fourth-order valence-corrected chi connectivity index (χ4v) is 2.44. The van der Waals surface area contributed by atoms with Crippen LogP contribution in [-0.4, -0.2) is 11.1 Å². The first-order valence-electron chi connectivity index (χ1n) is 5.89. The largest absolute Gasteiger partial charge is 0.481 e. The van der Waals surface area contributed by atoms with Crippen LogP contribution in [0.15, 0.2) is 42.5 Å². The molecule has 0 saturated heterocycles. The summed E-state index contributed by atoms with van der Waals surface area (Å²) in [6.45, 7) is 0. The van der Waals surface area contributed by atoms with E-state index in [1.54, 1.807) is 18.2 Å². The summed E-state index contributed by atoms with van der Waals surface area (Å²) in [4.78, 5) is 11.4. The number of hydrogen-bond acceptors (Lipinski definition) is 1. The average molecular weight is 313 g/mol. The van der Waals surface area contributed by atoms with E-state index in [-0.39, 0.29) is 6.42 Å². The Labute approximate surface area is 125 Å². The summed E-state index contributed by atoms with van der Waals surface area (Å²) in [5, 5.41) is 10.3.